The van der Waals surface area contributed by atoms with Gasteiger partial charge in [0.05, 0.1) is 6.61 Å². The summed E-state index contributed by atoms with van der Waals surface area (Å²) in [5.41, 5.74) is 0. The molecule has 1 saturated carbocycles. The molecule has 1 amide bonds. The van der Waals surface area contributed by atoms with Gasteiger partial charge in [0.25, 0.3) is 0 Å². The van der Waals surface area contributed by atoms with Crippen LogP contribution in [0.25, 0.3) is 0 Å². The molecular weight excluding hydrogens is 166 g/mol. The zero-order chi connectivity index (χ0) is 9.68. The maximum Gasteiger partial charge on any atom is 0.409 e. The minimum atomic E-state index is -0.156. The Morgan fingerprint density at radius 2 is 2.15 bits per heavy atom. The Kier molecular flexibility index (Phi) is 4.06. The van der Waals surface area contributed by atoms with E-state index >= 15 is 0 Å². The van der Waals surface area contributed by atoms with E-state index in [0.717, 1.165) is 19.0 Å². The number of carbonyl (C=O) groups excluding carboxylic acids is 1. The van der Waals surface area contributed by atoms with Crippen molar-refractivity contribution in [2.75, 3.05) is 19.7 Å². The summed E-state index contributed by atoms with van der Waals surface area (Å²) in [5.74, 6) is 0.726. The van der Waals surface area contributed by atoms with Crippen molar-refractivity contribution in [1.29, 1.82) is 0 Å². The Balaban J connectivity index is 2.27. The van der Waals surface area contributed by atoms with E-state index in [9.17, 15) is 4.79 Å². The Labute approximate surface area is 80.1 Å². The fraction of sp³-hybridized carbons (Fsp3) is 0.900. The molecule has 0 saturated heterocycles. The summed E-state index contributed by atoms with van der Waals surface area (Å²) in [4.78, 5) is 13.2. The van der Waals surface area contributed by atoms with E-state index in [1.165, 1.54) is 19.3 Å². The van der Waals surface area contributed by atoms with Crippen LogP contribution in [0.5, 0.6) is 0 Å². The Morgan fingerprint density at radius 3 is 2.54 bits per heavy atom. The highest BCUT2D eigenvalue weighted by molar-refractivity contribution is 5.67. The van der Waals surface area contributed by atoms with Gasteiger partial charge in [0.15, 0.2) is 0 Å². The van der Waals surface area contributed by atoms with Gasteiger partial charge in [0.2, 0.25) is 0 Å². The standard InChI is InChI=1S/C10H19NO2/c1-3-11(10(12)13-4-2)8-9-6-5-7-9/h9H,3-8H2,1-2H3. The summed E-state index contributed by atoms with van der Waals surface area (Å²) in [6, 6.07) is 0. The van der Waals surface area contributed by atoms with Gasteiger partial charge in [-0.05, 0) is 32.6 Å². The van der Waals surface area contributed by atoms with Gasteiger partial charge in [-0.25, -0.2) is 4.79 Å². The number of carbonyl (C=O) groups is 1. The van der Waals surface area contributed by atoms with Crippen molar-refractivity contribution in [2.24, 2.45) is 5.92 Å². The van der Waals surface area contributed by atoms with Crippen molar-refractivity contribution in [3.05, 3.63) is 0 Å². The predicted octanol–water partition coefficient (Wildman–Crippen LogP) is 2.26. The minimum absolute atomic E-state index is 0.156. The molecule has 1 aliphatic rings. The Morgan fingerprint density at radius 1 is 1.46 bits per heavy atom. The third-order valence-electron chi connectivity index (χ3n) is 2.61. The van der Waals surface area contributed by atoms with E-state index in [1.54, 1.807) is 4.90 Å². The molecule has 0 aromatic heterocycles. The highest BCUT2D eigenvalue weighted by Crippen LogP contribution is 2.27. The molecule has 1 fully saturated rings. The topological polar surface area (TPSA) is 29.5 Å². The van der Waals surface area contributed by atoms with Crippen LogP contribution < -0.4 is 0 Å². The van der Waals surface area contributed by atoms with Gasteiger partial charge >= 0.3 is 6.09 Å². The van der Waals surface area contributed by atoms with Crippen LogP contribution in [-0.4, -0.2) is 30.7 Å². The van der Waals surface area contributed by atoms with E-state index in [4.69, 9.17) is 4.74 Å². The summed E-state index contributed by atoms with van der Waals surface area (Å²) in [5, 5.41) is 0. The molecule has 0 aliphatic heterocycles. The second-order valence-electron chi connectivity index (χ2n) is 3.53. The normalized spacial score (nSPS) is 16.5. The molecule has 13 heavy (non-hydrogen) atoms. The average Bonchev–Trinajstić information content (AvgIpc) is 2.03. The lowest BCUT2D eigenvalue weighted by molar-refractivity contribution is 0.0949. The van der Waals surface area contributed by atoms with Gasteiger partial charge in [-0.2, -0.15) is 0 Å². The molecule has 0 aromatic rings. The van der Waals surface area contributed by atoms with E-state index in [1.807, 2.05) is 13.8 Å². The zero-order valence-electron chi connectivity index (χ0n) is 8.58. The van der Waals surface area contributed by atoms with Gasteiger partial charge < -0.3 is 9.64 Å². The van der Waals surface area contributed by atoms with Gasteiger partial charge in [-0.15, -0.1) is 0 Å². The van der Waals surface area contributed by atoms with Crippen LogP contribution in [0.2, 0.25) is 0 Å². The lowest BCUT2D eigenvalue weighted by Gasteiger charge is -2.31. The SMILES string of the molecule is CCOC(=O)N(CC)CC1CCC1. The molecule has 3 heteroatoms. The van der Waals surface area contributed by atoms with E-state index in [2.05, 4.69) is 0 Å². The van der Waals surface area contributed by atoms with Crippen LogP contribution in [-0.2, 0) is 4.74 Å². The number of amides is 1. The van der Waals surface area contributed by atoms with Crippen molar-refractivity contribution in [3.63, 3.8) is 0 Å². The first-order valence-electron chi connectivity index (χ1n) is 5.19. The van der Waals surface area contributed by atoms with Crippen LogP contribution >= 0.6 is 0 Å². The van der Waals surface area contributed by atoms with E-state index in [0.29, 0.717) is 6.61 Å². The van der Waals surface area contributed by atoms with Crippen LogP contribution in [0.15, 0.2) is 0 Å². The average molecular weight is 185 g/mol. The summed E-state index contributed by atoms with van der Waals surface area (Å²) in [6.45, 7) is 5.95. The molecule has 1 rings (SSSR count). The molecule has 0 spiro atoms. The third-order valence-corrected chi connectivity index (χ3v) is 2.61. The van der Waals surface area contributed by atoms with Crippen molar-refractivity contribution in [1.82, 2.24) is 4.90 Å². The number of nitrogens with zero attached hydrogens (tertiary/aromatic N) is 1. The molecule has 0 radical (unpaired) electrons. The highest BCUT2D eigenvalue weighted by atomic mass is 16.6. The first-order valence-corrected chi connectivity index (χ1v) is 5.19. The summed E-state index contributed by atoms with van der Waals surface area (Å²) in [7, 11) is 0. The van der Waals surface area contributed by atoms with Crippen LogP contribution in [0.1, 0.15) is 33.1 Å². The maximum atomic E-state index is 11.4. The van der Waals surface area contributed by atoms with Gasteiger partial charge in [-0.3, -0.25) is 0 Å². The molecule has 0 bridgehead atoms. The van der Waals surface area contributed by atoms with Crippen molar-refractivity contribution >= 4 is 6.09 Å². The van der Waals surface area contributed by atoms with Gasteiger partial charge in [0, 0.05) is 13.1 Å². The van der Waals surface area contributed by atoms with Crippen LogP contribution in [0, 0.1) is 5.92 Å². The molecule has 76 valence electrons. The van der Waals surface area contributed by atoms with Gasteiger partial charge in [-0.1, -0.05) is 6.42 Å². The fourth-order valence-electron chi connectivity index (χ4n) is 1.53. The lowest BCUT2D eigenvalue weighted by atomic mass is 9.85. The molecule has 3 nitrogen and oxygen atoms in total. The summed E-state index contributed by atoms with van der Waals surface area (Å²) < 4.78 is 4.95. The third kappa shape index (κ3) is 2.90. The van der Waals surface area contributed by atoms with Crippen molar-refractivity contribution in [2.45, 2.75) is 33.1 Å². The van der Waals surface area contributed by atoms with E-state index < -0.39 is 0 Å². The number of hydrogen-bond acceptors (Lipinski definition) is 2. The summed E-state index contributed by atoms with van der Waals surface area (Å²) >= 11 is 0. The number of hydrogen-bond donors (Lipinski definition) is 0. The summed E-state index contributed by atoms with van der Waals surface area (Å²) in [6.07, 6.45) is 3.72. The second kappa shape index (κ2) is 5.10. The lowest BCUT2D eigenvalue weighted by Crippen LogP contribution is -2.37. The number of rotatable bonds is 4. The molecule has 1 aliphatic carbocycles. The van der Waals surface area contributed by atoms with Gasteiger partial charge in [0.1, 0.15) is 0 Å². The Hall–Kier alpha value is -0.730. The Bertz CT molecular complexity index is 166. The highest BCUT2D eigenvalue weighted by Gasteiger charge is 2.22. The van der Waals surface area contributed by atoms with E-state index in [-0.39, 0.29) is 6.09 Å². The zero-order valence-corrected chi connectivity index (χ0v) is 8.58. The molecule has 0 N–H and O–H groups in total. The molecule has 0 atom stereocenters. The molecule has 0 unspecified atom stereocenters. The van der Waals surface area contributed by atoms with Crippen LogP contribution in [0.3, 0.4) is 0 Å². The monoisotopic (exact) mass is 185 g/mol. The second-order valence-corrected chi connectivity index (χ2v) is 3.53. The predicted molar refractivity (Wildman–Crippen MR) is 51.6 cm³/mol. The van der Waals surface area contributed by atoms with Crippen LogP contribution in [0.4, 0.5) is 4.79 Å². The largest absolute Gasteiger partial charge is 0.450 e. The molecule has 0 aromatic carbocycles. The maximum absolute atomic E-state index is 11.4. The minimum Gasteiger partial charge on any atom is -0.450 e. The first-order chi connectivity index (χ1) is 6.27. The van der Waals surface area contributed by atoms with Crippen molar-refractivity contribution in [3.8, 4) is 0 Å². The van der Waals surface area contributed by atoms with Crippen molar-refractivity contribution < 1.29 is 9.53 Å². The quantitative estimate of drug-likeness (QED) is 0.672. The fourth-order valence-corrected chi connectivity index (χ4v) is 1.53. The first kappa shape index (κ1) is 10.4. The number of ether oxygens (including phenoxy) is 1. The molecule has 0 heterocycles. The smallest absolute Gasteiger partial charge is 0.409 e. The molecular formula is C10H19NO2.